The molecule has 1 aliphatic heterocycles. The second-order valence-corrected chi connectivity index (χ2v) is 9.04. The van der Waals surface area contributed by atoms with Crippen LogP contribution in [0.2, 0.25) is 0 Å². The maximum atomic E-state index is 12.5. The second kappa shape index (κ2) is 9.75. The van der Waals surface area contributed by atoms with Gasteiger partial charge < -0.3 is 19.7 Å². The lowest BCUT2D eigenvalue weighted by atomic mass is 10.1. The highest BCUT2D eigenvalue weighted by Gasteiger charge is 2.21. The van der Waals surface area contributed by atoms with Gasteiger partial charge in [-0.05, 0) is 37.1 Å². The van der Waals surface area contributed by atoms with Crippen molar-refractivity contribution in [3.63, 3.8) is 0 Å². The van der Waals surface area contributed by atoms with Crippen LogP contribution in [0.1, 0.15) is 21.5 Å². The molecule has 3 aromatic rings. The Bertz CT molecular complexity index is 1040. The number of carbonyl (C=O) groups is 1. The van der Waals surface area contributed by atoms with E-state index in [9.17, 15) is 4.79 Å². The van der Waals surface area contributed by atoms with Crippen molar-refractivity contribution in [2.45, 2.75) is 13.8 Å². The fraction of sp³-hybridized carbons (Fsp3) is 0.417. The predicted molar refractivity (Wildman–Crippen MR) is 130 cm³/mol. The topological polar surface area (TPSA) is 66.9 Å². The Morgan fingerprint density at radius 1 is 1.03 bits per heavy atom. The zero-order valence-corrected chi connectivity index (χ0v) is 19.9. The molecule has 0 aliphatic carbocycles. The van der Waals surface area contributed by atoms with Gasteiger partial charge in [0, 0.05) is 50.9 Å². The van der Waals surface area contributed by atoms with E-state index in [1.54, 1.807) is 43.8 Å². The SMILES string of the molecule is COc1cc(OC)cc(C(=O)NCCN2CCN(c3nc4c(C)ccc(C)c4s3)CC2)c1. The molecule has 0 radical (unpaired) electrons. The van der Waals surface area contributed by atoms with E-state index in [1.165, 1.54) is 15.8 Å². The Balaban J connectivity index is 1.28. The number of methoxy groups -OCH3 is 2. The number of ether oxygens (including phenoxy) is 2. The summed E-state index contributed by atoms with van der Waals surface area (Å²) >= 11 is 1.79. The first-order valence-electron chi connectivity index (χ1n) is 10.8. The van der Waals surface area contributed by atoms with Crippen molar-refractivity contribution < 1.29 is 14.3 Å². The van der Waals surface area contributed by atoms with Crippen LogP contribution in [0, 0.1) is 13.8 Å². The van der Waals surface area contributed by atoms with Crippen LogP contribution in [0.15, 0.2) is 30.3 Å². The first-order chi connectivity index (χ1) is 15.5. The summed E-state index contributed by atoms with van der Waals surface area (Å²) in [7, 11) is 3.15. The average Bonchev–Trinajstić information content (AvgIpc) is 3.28. The van der Waals surface area contributed by atoms with E-state index in [4.69, 9.17) is 14.5 Å². The van der Waals surface area contributed by atoms with Crippen LogP contribution in [0.4, 0.5) is 5.13 Å². The van der Waals surface area contributed by atoms with Crippen molar-refractivity contribution >= 4 is 32.6 Å². The van der Waals surface area contributed by atoms with E-state index in [-0.39, 0.29) is 5.91 Å². The molecule has 1 saturated heterocycles. The number of amides is 1. The number of piperazine rings is 1. The van der Waals surface area contributed by atoms with Crippen molar-refractivity contribution in [1.82, 2.24) is 15.2 Å². The number of nitrogens with zero attached hydrogens (tertiary/aromatic N) is 3. The van der Waals surface area contributed by atoms with Crippen LogP contribution in [0.5, 0.6) is 11.5 Å². The van der Waals surface area contributed by atoms with Gasteiger partial charge in [0.1, 0.15) is 11.5 Å². The molecule has 1 N–H and O–H groups in total. The van der Waals surface area contributed by atoms with Crippen LogP contribution in [-0.2, 0) is 0 Å². The highest BCUT2D eigenvalue weighted by Crippen LogP contribution is 2.33. The minimum atomic E-state index is -0.124. The van der Waals surface area contributed by atoms with E-state index in [0.717, 1.165) is 43.4 Å². The summed E-state index contributed by atoms with van der Waals surface area (Å²) in [6.07, 6.45) is 0. The molecule has 0 atom stereocenters. The van der Waals surface area contributed by atoms with Crippen molar-refractivity contribution in [2.75, 3.05) is 58.4 Å². The molecule has 0 bridgehead atoms. The van der Waals surface area contributed by atoms with Gasteiger partial charge in [0.05, 0.1) is 24.4 Å². The number of fused-ring (bicyclic) bond motifs is 1. The number of rotatable bonds is 7. The van der Waals surface area contributed by atoms with Crippen LogP contribution >= 0.6 is 11.3 Å². The predicted octanol–water partition coefficient (Wildman–Crippen LogP) is 3.48. The Morgan fingerprint density at radius 3 is 2.31 bits per heavy atom. The lowest BCUT2D eigenvalue weighted by molar-refractivity contribution is 0.0947. The highest BCUT2D eigenvalue weighted by molar-refractivity contribution is 7.22. The zero-order chi connectivity index (χ0) is 22.7. The van der Waals surface area contributed by atoms with Gasteiger partial charge in [-0.2, -0.15) is 0 Å². The lowest BCUT2D eigenvalue weighted by Gasteiger charge is -2.34. The Hall–Kier alpha value is -2.84. The molecule has 7 nitrogen and oxygen atoms in total. The molecule has 4 rings (SSSR count). The Morgan fingerprint density at radius 2 is 1.69 bits per heavy atom. The number of hydrogen-bond acceptors (Lipinski definition) is 7. The molecular formula is C24H30N4O3S. The normalized spacial score (nSPS) is 14.6. The van der Waals surface area contributed by atoms with Gasteiger partial charge in [0.2, 0.25) is 0 Å². The van der Waals surface area contributed by atoms with E-state index in [0.29, 0.717) is 23.6 Å². The van der Waals surface area contributed by atoms with E-state index >= 15 is 0 Å². The number of thiazole rings is 1. The van der Waals surface area contributed by atoms with Gasteiger partial charge in [0.25, 0.3) is 5.91 Å². The quantitative estimate of drug-likeness (QED) is 0.590. The molecule has 1 aromatic heterocycles. The molecule has 170 valence electrons. The maximum absolute atomic E-state index is 12.5. The number of aryl methyl sites for hydroxylation is 2. The Labute approximate surface area is 192 Å². The fourth-order valence-corrected chi connectivity index (χ4v) is 5.08. The van der Waals surface area contributed by atoms with Crippen LogP contribution in [0.25, 0.3) is 10.2 Å². The van der Waals surface area contributed by atoms with Crippen LogP contribution in [-0.4, -0.2) is 69.3 Å². The maximum Gasteiger partial charge on any atom is 0.251 e. The standard InChI is InChI=1S/C24H30N4O3S/c1-16-5-6-17(2)22-21(16)26-24(32-22)28-11-9-27(10-12-28)8-7-25-23(29)18-13-19(30-3)15-20(14-18)31-4/h5-6,13-15H,7-12H2,1-4H3,(H,25,29). The molecule has 0 saturated carbocycles. The lowest BCUT2D eigenvalue weighted by Crippen LogP contribution is -2.48. The monoisotopic (exact) mass is 454 g/mol. The van der Waals surface area contributed by atoms with Gasteiger partial charge in [-0.15, -0.1) is 0 Å². The summed E-state index contributed by atoms with van der Waals surface area (Å²) < 4.78 is 11.8. The number of hydrogen-bond donors (Lipinski definition) is 1. The molecule has 1 aliphatic rings. The summed E-state index contributed by atoms with van der Waals surface area (Å²) in [6, 6.07) is 9.52. The summed E-state index contributed by atoms with van der Waals surface area (Å²) in [5.74, 6) is 1.08. The molecule has 32 heavy (non-hydrogen) atoms. The number of nitrogens with one attached hydrogen (secondary N) is 1. The van der Waals surface area contributed by atoms with E-state index < -0.39 is 0 Å². The largest absolute Gasteiger partial charge is 0.497 e. The van der Waals surface area contributed by atoms with Crippen LogP contribution in [0.3, 0.4) is 0 Å². The fourth-order valence-electron chi connectivity index (χ4n) is 3.91. The average molecular weight is 455 g/mol. The highest BCUT2D eigenvalue weighted by atomic mass is 32.1. The third-order valence-corrected chi connectivity index (χ3v) is 7.15. The van der Waals surface area contributed by atoms with Crippen molar-refractivity contribution in [1.29, 1.82) is 0 Å². The van der Waals surface area contributed by atoms with Crippen LogP contribution < -0.4 is 19.7 Å². The second-order valence-electron chi connectivity index (χ2n) is 8.06. The molecule has 8 heteroatoms. The number of benzene rings is 2. The minimum Gasteiger partial charge on any atom is -0.497 e. The van der Waals surface area contributed by atoms with Gasteiger partial charge in [-0.1, -0.05) is 23.5 Å². The first-order valence-corrected chi connectivity index (χ1v) is 11.7. The van der Waals surface area contributed by atoms with Gasteiger partial charge >= 0.3 is 0 Å². The van der Waals surface area contributed by atoms with Gasteiger partial charge in [-0.25, -0.2) is 4.98 Å². The molecular weight excluding hydrogens is 424 g/mol. The molecule has 0 unspecified atom stereocenters. The summed E-state index contributed by atoms with van der Waals surface area (Å²) in [4.78, 5) is 22.2. The third-order valence-electron chi connectivity index (χ3n) is 5.90. The summed E-state index contributed by atoms with van der Waals surface area (Å²) in [5, 5.41) is 4.11. The Kier molecular flexibility index (Phi) is 6.81. The van der Waals surface area contributed by atoms with Crippen molar-refractivity contribution in [3.8, 4) is 11.5 Å². The minimum absolute atomic E-state index is 0.124. The number of carbonyl (C=O) groups excluding carboxylic acids is 1. The van der Waals surface area contributed by atoms with E-state index in [1.807, 2.05) is 0 Å². The number of anilines is 1. The van der Waals surface area contributed by atoms with Crippen molar-refractivity contribution in [3.05, 3.63) is 47.0 Å². The van der Waals surface area contributed by atoms with Crippen molar-refractivity contribution in [2.24, 2.45) is 0 Å². The summed E-state index contributed by atoms with van der Waals surface area (Å²) in [5.41, 5.74) is 4.19. The molecule has 2 heterocycles. The number of aromatic nitrogens is 1. The summed E-state index contributed by atoms with van der Waals surface area (Å²) in [6.45, 7) is 9.48. The van der Waals surface area contributed by atoms with E-state index in [2.05, 4.69) is 41.1 Å². The molecule has 1 fully saturated rings. The smallest absolute Gasteiger partial charge is 0.251 e. The molecule has 2 aromatic carbocycles. The van der Waals surface area contributed by atoms with Gasteiger partial charge in [0.15, 0.2) is 5.13 Å². The first kappa shape index (κ1) is 22.4. The third kappa shape index (κ3) is 4.81. The van der Waals surface area contributed by atoms with Gasteiger partial charge in [-0.3, -0.25) is 9.69 Å². The zero-order valence-electron chi connectivity index (χ0n) is 19.1. The molecule has 1 amide bonds. The molecule has 0 spiro atoms.